The van der Waals surface area contributed by atoms with Crippen molar-refractivity contribution in [3.63, 3.8) is 0 Å². The van der Waals surface area contributed by atoms with Gasteiger partial charge in [0.2, 0.25) is 5.91 Å². The van der Waals surface area contributed by atoms with Gasteiger partial charge < -0.3 is 9.80 Å². The Labute approximate surface area is 177 Å². The van der Waals surface area contributed by atoms with Gasteiger partial charge >= 0.3 is 0 Å². The number of carbonyl (C=O) groups is 2. The summed E-state index contributed by atoms with van der Waals surface area (Å²) in [5, 5.41) is 0. The number of hydrogen-bond donors (Lipinski definition) is 0. The maximum absolute atomic E-state index is 13.6. The molecule has 0 bridgehead atoms. The van der Waals surface area contributed by atoms with Gasteiger partial charge in [-0.25, -0.2) is 4.39 Å². The molecule has 0 N–H and O–H groups in total. The number of amides is 2. The van der Waals surface area contributed by atoms with Crippen LogP contribution in [0, 0.1) is 5.82 Å². The van der Waals surface area contributed by atoms with E-state index in [1.54, 1.807) is 40.3 Å². The number of benzene rings is 1. The zero-order valence-corrected chi connectivity index (χ0v) is 17.8. The SMILES string of the molecule is CC(C)(C)N(Cc1cccc(F)c1)C(=O)CN1CCN(C(=O)c2ccccn2)CC1. The lowest BCUT2D eigenvalue weighted by Crippen LogP contribution is -2.54. The zero-order chi connectivity index (χ0) is 21.7. The number of carbonyl (C=O) groups excluding carboxylic acids is 2. The predicted octanol–water partition coefficient (Wildman–Crippen LogP) is 2.81. The van der Waals surface area contributed by atoms with E-state index in [-0.39, 0.29) is 29.7 Å². The molecule has 0 unspecified atom stereocenters. The molecule has 6 nitrogen and oxygen atoms in total. The molecular formula is C23H29FN4O2. The highest BCUT2D eigenvalue weighted by Crippen LogP contribution is 2.19. The first kappa shape index (κ1) is 21.9. The second kappa shape index (κ2) is 9.34. The Morgan fingerprint density at radius 1 is 1.07 bits per heavy atom. The highest BCUT2D eigenvalue weighted by atomic mass is 19.1. The Morgan fingerprint density at radius 2 is 1.80 bits per heavy atom. The molecule has 1 fully saturated rings. The maximum Gasteiger partial charge on any atom is 0.272 e. The van der Waals surface area contributed by atoms with E-state index in [1.165, 1.54) is 12.1 Å². The topological polar surface area (TPSA) is 56.8 Å². The summed E-state index contributed by atoms with van der Waals surface area (Å²) in [6.07, 6.45) is 1.61. The van der Waals surface area contributed by atoms with Crippen molar-refractivity contribution in [1.29, 1.82) is 0 Å². The average molecular weight is 413 g/mol. The Balaban J connectivity index is 1.58. The largest absolute Gasteiger partial charge is 0.335 e. The summed E-state index contributed by atoms with van der Waals surface area (Å²) in [4.78, 5) is 35.4. The lowest BCUT2D eigenvalue weighted by Gasteiger charge is -2.39. The molecule has 160 valence electrons. The van der Waals surface area contributed by atoms with Crippen LogP contribution >= 0.6 is 0 Å². The summed E-state index contributed by atoms with van der Waals surface area (Å²) >= 11 is 0. The number of pyridine rings is 1. The number of piperazine rings is 1. The first-order valence-electron chi connectivity index (χ1n) is 10.2. The molecular weight excluding hydrogens is 383 g/mol. The third-order valence-corrected chi connectivity index (χ3v) is 5.24. The van der Waals surface area contributed by atoms with Crippen LogP contribution in [-0.2, 0) is 11.3 Å². The van der Waals surface area contributed by atoms with Gasteiger partial charge in [0.25, 0.3) is 5.91 Å². The van der Waals surface area contributed by atoms with Crippen LogP contribution in [0.2, 0.25) is 0 Å². The predicted molar refractivity (Wildman–Crippen MR) is 113 cm³/mol. The van der Waals surface area contributed by atoms with Crippen LogP contribution in [0.1, 0.15) is 36.8 Å². The van der Waals surface area contributed by atoms with Gasteiger partial charge in [0.15, 0.2) is 0 Å². The van der Waals surface area contributed by atoms with Gasteiger partial charge in [0.1, 0.15) is 11.5 Å². The average Bonchev–Trinajstić information content (AvgIpc) is 2.72. The summed E-state index contributed by atoms with van der Waals surface area (Å²) in [5.74, 6) is -0.386. The van der Waals surface area contributed by atoms with Crippen molar-refractivity contribution in [2.45, 2.75) is 32.9 Å². The van der Waals surface area contributed by atoms with Gasteiger partial charge in [-0.3, -0.25) is 19.5 Å². The van der Waals surface area contributed by atoms with Crippen molar-refractivity contribution in [3.8, 4) is 0 Å². The van der Waals surface area contributed by atoms with Crippen molar-refractivity contribution in [1.82, 2.24) is 19.7 Å². The number of hydrogen-bond acceptors (Lipinski definition) is 4. The van der Waals surface area contributed by atoms with Gasteiger partial charge in [0.05, 0.1) is 6.54 Å². The smallest absolute Gasteiger partial charge is 0.272 e. The van der Waals surface area contributed by atoms with Crippen molar-refractivity contribution in [2.75, 3.05) is 32.7 Å². The van der Waals surface area contributed by atoms with E-state index in [0.717, 1.165) is 5.56 Å². The second-order valence-corrected chi connectivity index (χ2v) is 8.56. The Kier molecular flexibility index (Phi) is 6.82. The van der Waals surface area contributed by atoms with Gasteiger partial charge in [0, 0.05) is 44.5 Å². The highest BCUT2D eigenvalue weighted by Gasteiger charge is 2.30. The fourth-order valence-electron chi connectivity index (χ4n) is 3.55. The molecule has 0 spiro atoms. The van der Waals surface area contributed by atoms with Gasteiger partial charge in [-0.1, -0.05) is 18.2 Å². The van der Waals surface area contributed by atoms with Crippen LogP contribution in [0.25, 0.3) is 0 Å². The number of rotatable bonds is 5. The number of aromatic nitrogens is 1. The molecule has 30 heavy (non-hydrogen) atoms. The van der Waals surface area contributed by atoms with Crippen LogP contribution in [0.4, 0.5) is 4.39 Å². The quantitative estimate of drug-likeness (QED) is 0.758. The Hall–Kier alpha value is -2.80. The summed E-state index contributed by atoms with van der Waals surface area (Å²) in [6, 6.07) is 11.7. The standard InChI is InChI=1S/C23H29FN4O2/c1-23(2,3)28(16-18-7-6-8-19(24)15-18)21(29)17-26-11-13-27(14-12-26)22(30)20-9-4-5-10-25-20/h4-10,15H,11-14,16-17H2,1-3H3. The summed E-state index contributed by atoms with van der Waals surface area (Å²) in [5.41, 5.74) is 0.820. The minimum absolute atomic E-state index is 0.00346. The molecule has 0 radical (unpaired) electrons. The minimum atomic E-state index is -0.389. The van der Waals surface area contributed by atoms with Crippen LogP contribution in [-0.4, -0.2) is 69.8 Å². The molecule has 0 atom stereocenters. The molecule has 0 saturated carbocycles. The van der Waals surface area contributed by atoms with Gasteiger partial charge in [-0.15, -0.1) is 0 Å². The lowest BCUT2D eigenvalue weighted by atomic mass is 10.0. The molecule has 1 aliphatic rings. The molecule has 1 aliphatic heterocycles. The fourth-order valence-corrected chi connectivity index (χ4v) is 3.55. The minimum Gasteiger partial charge on any atom is -0.335 e. The van der Waals surface area contributed by atoms with Crippen LogP contribution in [0.15, 0.2) is 48.7 Å². The maximum atomic E-state index is 13.6. The molecule has 7 heteroatoms. The van der Waals surface area contributed by atoms with Gasteiger partial charge in [-0.2, -0.15) is 0 Å². The lowest BCUT2D eigenvalue weighted by molar-refractivity contribution is -0.138. The summed E-state index contributed by atoms with van der Waals surface area (Å²) in [7, 11) is 0. The molecule has 1 aromatic carbocycles. The van der Waals surface area contributed by atoms with Crippen molar-refractivity contribution < 1.29 is 14.0 Å². The Morgan fingerprint density at radius 3 is 2.40 bits per heavy atom. The number of halogens is 1. The van der Waals surface area contributed by atoms with Gasteiger partial charge in [-0.05, 0) is 50.6 Å². The molecule has 1 aromatic heterocycles. The van der Waals surface area contributed by atoms with E-state index >= 15 is 0 Å². The normalized spacial score (nSPS) is 15.1. The molecule has 2 amide bonds. The first-order chi connectivity index (χ1) is 14.2. The fraction of sp³-hybridized carbons (Fsp3) is 0.435. The van der Waals surface area contributed by atoms with E-state index in [9.17, 15) is 14.0 Å². The van der Waals surface area contributed by atoms with E-state index < -0.39 is 0 Å². The van der Waals surface area contributed by atoms with Crippen molar-refractivity contribution >= 4 is 11.8 Å². The summed E-state index contributed by atoms with van der Waals surface area (Å²) < 4.78 is 13.6. The van der Waals surface area contributed by atoms with E-state index in [2.05, 4.69) is 9.88 Å². The molecule has 0 aliphatic carbocycles. The van der Waals surface area contributed by atoms with Crippen LogP contribution in [0.5, 0.6) is 0 Å². The molecule has 1 saturated heterocycles. The second-order valence-electron chi connectivity index (χ2n) is 8.56. The zero-order valence-electron chi connectivity index (χ0n) is 17.8. The Bertz CT molecular complexity index is 874. The summed E-state index contributed by atoms with van der Waals surface area (Å²) in [6.45, 7) is 8.94. The molecule has 3 rings (SSSR count). The van der Waals surface area contributed by atoms with E-state index in [4.69, 9.17) is 0 Å². The first-order valence-corrected chi connectivity index (χ1v) is 10.2. The highest BCUT2D eigenvalue weighted by molar-refractivity contribution is 5.92. The molecule has 2 aromatic rings. The van der Waals surface area contributed by atoms with E-state index in [0.29, 0.717) is 38.4 Å². The molecule has 2 heterocycles. The number of nitrogens with zero attached hydrogens (tertiary/aromatic N) is 4. The van der Waals surface area contributed by atoms with Crippen molar-refractivity contribution in [3.05, 3.63) is 65.7 Å². The van der Waals surface area contributed by atoms with Crippen LogP contribution in [0.3, 0.4) is 0 Å². The third kappa shape index (κ3) is 5.63. The van der Waals surface area contributed by atoms with E-state index in [1.807, 2.05) is 26.8 Å². The van der Waals surface area contributed by atoms with Crippen LogP contribution < -0.4 is 0 Å². The monoisotopic (exact) mass is 412 g/mol. The third-order valence-electron chi connectivity index (χ3n) is 5.24. The van der Waals surface area contributed by atoms with Crippen molar-refractivity contribution in [2.24, 2.45) is 0 Å².